The number of carbonyl (C=O) groups excluding carboxylic acids is 2. The van der Waals surface area contributed by atoms with Crippen molar-refractivity contribution in [1.82, 2.24) is 9.97 Å². The van der Waals surface area contributed by atoms with Crippen molar-refractivity contribution < 1.29 is 9.59 Å². The molecular formula is C27H19ClN4O2. The highest BCUT2D eigenvalue weighted by molar-refractivity contribution is 6.41. The Morgan fingerprint density at radius 3 is 2.24 bits per heavy atom. The molecular weight excluding hydrogens is 448 g/mol. The SMILES string of the molecule is Cc1cc2nc3ccc(N(C)C)cc3nc2cc1N1C(=O)c2cccc3c(Cl)ccc(c23)C1=O. The lowest BCUT2D eigenvalue weighted by molar-refractivity contribution is 0.0893. The molecule has 1 aliphatic heterocycles. The van der Waals surface area contributed by atoms with Crippen molar-refractivity contribution in [3.63, 3.8) is 0 Å². The minimum Gasteiger partial charge on any atom is -0.378 e. The fourth-order valence-electron chi connectivity index (χ4n) is 4.60. The van der Waals surface area contributed by atoms with Gasteiger partial charge in [0.1, 0.15) is 0 Å². The first-order chi connectivity index (χ1) is 16.3. The zero-order valence-electron chi connectivity index (χ0n) is 18.8. The molecule has 1 aromatic heterocycles. The van der Waals surface area contributed by atoms with Gasteiger partial charge in [0.25, 0.3) is 11.8 Å². The van der Waals surface area contributed by atoms with E-state index in [1.54, 1.807) is 30.3 Å². The van der Waals surface area contributed by atoms with E-state index < -0.39 is 0 Å². The molecule has 0 saturated carbocycles. The summed E-state index contributed by atoms with van der Waals surface area (Å²) in [5.41, 5.74) is 6.03. The Morgan fingerprint density at radius 2 is 1.47 bits per heavy atom. The standard InChI is InChI=1S/C27H19ClN4O2/c1-14-11-21-23(30-22-12-15(31(2)3)7-10-20(22)29-21)13-24(14)32-26(33)17-6-4-5-16-19(28)9-8-18(25(16)17)27(32)34/h4-13H,1-3H3. The Hall–Kier alpha value is -4.03. The number of nitrogens with zero attached hydrogens (tertiary/aromatic N) is 4. The average Bonchev–Trinajstić information content (AvgIpc) is 2.82. The summed E-state index contributed by atoms with van der Waals surface area (Å²) in [7, 11) is 3.94. The van der Waals surface area contributed by atoms with Crippen LogP contribution in [0, 0.1) is 6.92 Å². The van der Waals surface area contributed by atoms with E-state index in [0.717, 1.165) is 22.3 Å². The summed E-state index contributed by atoms with van der Waals surface area (Å²) in [5.74, 6) is -0.757. The highest BCUT2D eigenvalue weighted by Gasteiger charge is 2.35. The van der Waals surface area contributed by atoms with Gasteiger partial charge in [0.05, 0.1) is 27.8 Å². The first kappa shape index (κ1) is 20.6. The fourth-order valence-corrected chi connectivity index (χ4v) is 4.82. The smallest absolute Gasteiger partial charge is 0.265 e. The molecule has 0 radical (unpaired) electrons. The van der Waals surface area contributed by atoms with Gasteiger partial charge >= 0.3 is 0 Å². The molecule has 0 N–H and O–H groups in total. The van der Waals surface area contributed by atoms with Crippen LogP contribution in [0.2, 0.25) is 5.02 Å². The zero-order valence-corrected chi connectivity index (χ0v) is 19.5. The number of carbonyl (C=O) groups is 2. The zero-order chi connectivity index (χ0) is 23.7. The lowest BCUT2D eigenvalue weighted by atomic mass is 9.93. The third kappa shape index (κ3) is 2.89. The van der Waals surface area contributed by atoms with Gasteiger partial charge in [-0.15, -0.1) is 0 Å². The Labute approximate surface area is 200 Å². The molecule has 0 atom stereocenters. The van der Waals surface area contributed by atoms with Crippen LogP contribution in [-0.2, 0) is 0 Å². The van der Waals surface area contributed by atoms with E-state index in [0.29, 0.717) is 43.6 Å². The van der Waals surface area contributed by atoms with Gasteiger partial charge in [-0.05, 0) is 61.0 Å². The predicted molar refractivity (Wildman–Crippen MR) is 136 cm³/mol. The highest BCUT2D eigenvalue weighted by atomic mass is 35.5. The average molecular weight is 467 g/mol. The summed E-state index contributed by atoms with van der Waals surface area (Å²) in [6, 6.07) is 18.3. The number of imide groups is 1. The van der Waals surface area contributed by atoms with Crippen LogP contribution in [0.3, 0.4) is 0 Å². The summed E-state index contributed by atoms with van der Waals surface area (Å²) < 4.78 is 0. The number of aromatic nitrogens is 2. The monoisotopic (exact) mass is 466 g/mol. The molecule has 1 aliphatic rings. The first-order valence-corrected chi connectivity index (χ1v) is 11.2. The largest absolute Gasteiger partial charge is 0.378 e. The summed E-state index contributed by atoms with van der Waals surface area (Å²) in [6.45, 7) is 1.87. The Morgan fingerprint density at radius 1 is 0.794 bits per heavy atom. The van der Waals surface area contributed by atoms with Crippen molar-refractivity contribution in [1.29, 1.82) is 0 Å². The van der Waals surface area contributed by atoms with Crippen molar-refractivity contribution in [3.8, 4) is 0 Å². The van der Waals surface area contributed by atoms with E-state index in [-0.39, 0.29) is 11.8 Å². The van der Waals surface area contributed by atoms with Crippen LogP contribution in [0.5, 0.6) is 0 Å². The summed E-state index contributed by atoms with van der Waals surface area (Å²) in [6.07, 6.45) is 0. The number of hydrogen-bond acceptors (Lipinski definition) is 5. The van der Waals surface area contributed by atoms with E-state index in [4.69, 9.17) is 21.6 Å². The summed E-state index contributed by atoms with van der Waals surface area (Å²) >= 11 is 6.35. The van der Waals surface area contributed by atoms with Gasteiger partial charge in [-0.3, -0.25) is 9.59 Å². The second kappa shape index (κ2) is 7.23. The quantitative estimate of drug-likeness (QED) is 0.244. The molecule has 5 aromatic rings. The van der Waals surface area contributed by atoms with E-state index >= 15 is 0 Å². The van der Waals surface area contributed by atoms with Crippen LogP contribution >= 0.6 is 11.6 Å². The third-order valence-electron chi connectivity index (χ3n) is 6.35. The minimum absolute atomic E-state index is 0.378. The van der Waals surface area contributed by atoms with Gasteiger partial charge in [0.15, 0.2) is 0 Å². The molecule has 0 bridgehead atoms. The number of rotatable bonds is 2. The highest BCUT2D eigenvalue weighted by Crippen LogP contribution is 2.37. The Balaban J connectivity index is 1.56. The van der Waals surface area contributed by atoms with E-state index in [9.17, 15) is 9.59 Å². The van der Waals surface area contributed by atoms with Crippen molar-refractivity contribution in [2.75, 3.05) is 23.9 Å². The third-order valence-corrected chi connectivity index (χ3v) is 6.68. The van der Waals surface area contributed by atoms with E-state index in [2.05, 4.69) is 0 Å². The van der Waals surface area contributed by atoms with Gasteiger partial charge in [0, 0.05) is 46.7 Å². The topological polar surface area (TPSA) is 66.4 Å². The summed E-state index contributed by atoms with van der Waals surface area (Å²) in [5, 5.41) is 1.81. The molecule has 2 amide bonds. The molecule has 0 unspecified atom stereocenters. The van der Waals surface area contributed by atoms with Crippen LogP contribution in [0.15, 0.2) is 60.7 Å². The van der Waals surface area contributed by atoms with Gasteiger partial charge in [0.2, 0.25) is 0 Å². The van der Waals surface area contributed by atoms with Crippen molar-refractivity contribution in [2.24, 2.45) is 0 Å². The number of hydrogen-bond donors (Lipinski definition) is 0. The van der Waals surface area contributed by atoms with Gasteiger partial charge < -0.3 is 4.90 Å². The maximum Gasteiger partial charge on any atom is 0.265 e. The second-order valence-electron chi connectivity index (χ2n) is 8.69. The molecule has 166 valence electrons. The minimum atomic E-state index is -0.378. The number of fused-ring (bicyclic) bond motifs is 2. The second-order valence-corrected chi connectivity index (χ2v) is 9.09. The van der Waals surface area contributed by atoms with Gasteiger partial charge in [-0.25, -0.2) is 14.9 Å². The van der Waals surface area contributed by atoms with Gasteiger partial charge in [-0.2, -0.15) is 0 Å². The number of anilines is 2. The fraction of sp³-hybridized carbons (Fsp3) is 0.111. The number of benzene rings is 4. The van der Waals surface area contributed by atoms with E-state index in [1.165, 1.54) is 4.90 Å². The lowest BCUT2D eigenvalue weighted by Gasteiger charge is -2.28. The molecule has 4 aromatic carbocycles. The molecule has 34 heavy (non-hydrogen) atoms. The van der Waals surface area contributed by atoms with Crippen LogP contribution < -0.4 is 9.80 Å². The predicted octanol–water partition coefficient (Wildman–Crippen LogP) is 5.76. The maximum atomic E-state index is 13.6. The van der Waals surface area contributed by atoms with Crippen LogP contribution in [0.4, 0.5) is 11.4 Å². The molecule has 0 fully saturated rings. The molecule has 0 saturated heterocycles. The van der Waals surface area contributed by atoms with Crippen LogP contribution in [-0.4, -0.2) is 35.9 Å². The van der Waals surface area contributed by atoms with Crippen LogP contribution in [0.1, 0.15) is 26.3 Å². The van der Waals surface area contributed by atoms with Crippen LogP contribution in [0.25, 0.3) is 32.8 Å². The normalized spacial score (nSPS) is 13.4. The van der Waals surface area contributed by atoms with Crippen molar-refractivity contribution in [3.05, 3.63) is 82.4 Å². The molecule has 0 aliphatic carbocycles. The number of halogens is 1. The number of aryl methyl sites for hydroxylation is 1. The molecule has 2 heterocycles. The first-order valence-electron chi connectivity index (χ1n) is 10.8. The Bertz CT molecular complexity index is 1690. The molecule has 0 spiro atoms. The summed E-state index contributed by atoms with van der Waals surface area (Å²) in [4.78, 5) is 39.9. The van der Waals surface area contributed by atoms with Crippen molar-refractivity contribution in [2.45, 2.75) is 6.92 Å². The maximum absolute atomic E-state index is 13.6. The van der Waals surface area contributed by atoms with E-state index in [1.807, 2.05) is 56.3 Å². The molecule has 7 heteroatoms. The van der Waals surface area contributed by atoms with Crippen molar-refractivity contribution >= 4 is 67.6 Å². The number of amides is 2. The molecule has 6 nitrogen and oxygen atoms in total. The Kier molecular flexibility index (Phi) is 4.38. The molecule has 6 rings (SSSR count). The lowest BCUT2D eigenvalue weighted by Crippen LogP contribution is -2.40. The van der Waals surface area contributed by atoms with Gasteiger partial charge in [-0.1, -0.05) is 23.7 Å².